The molecule has 0 atom stereocenters. The SMILES string of the molecule is CC(C)(C)c1ccccc1Nc1ncc(C(=O)Nc2ccc(Cl)cc2)cn1. The maximum atomic E-state index is 12.3. The van der Waals surface area contributed by atoms with Gasteiger partial charge in [0.25, 0.3) is 5.91 Å². The molecule has 0 saturated carbocycles. The molecule has 1 aromatic heterocycles. The van der Waals surface area contributed by atoms with Crippen LogP contribution >= 0.6 is 11.6 Å². The Hall–Kier alpha value is -2.92. The van der Waals surface area contributed by atoms with Gasteiger partial charge in [-0.25, -0.2) is 9.97 Å². The average Bonchev–Trinajstić information content (AvgIpc) is 2.64. The van der Waals surface area contributed by atoms with Crippen molar-refractivity contribution in [2.24, 2.45) is 0 Å². The zero-order valence-corrected chi connectivity index (χ0v) is 16.2. The molecule has 0 bridgehead atoms. The summed E-state index contributed by atoms with van der Waals surface area (Å²) in [5.74, 6) is 0.161. The predicted octanol–water partition coefficient (Wildman–Crippen LogP) is 5.42. The molecule has 0 aliphatic carbocycles. The van der Waals surface area contributed by atoms with Gasteiger partial charge in [0.2, 0.25) is 5.95 Å². The zero-order chi connectivity index (χ0) is 19.4. The fourth-order valence-corrected chi connectivity index (χ4v) is 2.74. The number of nitrogens with one attached hydrogen (secondary N) is 2. The Kier molecular flexibility index (Phi) is 5.42. The topological polar surface area (TPSA) is 66.9 Å². The van der Waals surface area contributed by atoms with Crippen molar-refractivity contribution in [2.75, 3.05) is 10.6 Å². The summed E-state index contributed by atoms with van der Waals surface area (Å²) in [6.45, 7) is 6.45. The summed E-state index contributed by atoms with van der Waals surface area (Å²) in [6.07, 6.45) is 3.00. The zero-order valence-electron chi connectivity index (χ0n) is 15.5. The van der Waals surface area contributed by atoms with Crippen LogP contribution in [0.25, 0.3) is 0 Å². The van der Waals surface area contributed by atoms with Crippen LogP contribution in [0.5, 0.6) is 0 Å². The Morgan fingerprint density at radius 1 is 0.963 bits per heavy atom. The molecular weight excluding hydrogens is 360 g/mol. The normalized spacial score (nSPS) is 11.1. The summed E-state index contributed by atoms with van der Waals surface area (Å²) >= 11 is 5.85. The minimum absolute atomic E-state index is 0.0119. The first kappa shape index (κ1) is 18.9. The number of nitrogens with zero attached hydrogens (tertiary/aromatic N) is 2. The van der Waals surface area contributed by atoms with Crippen molar-refractivity contribution >= 4 is 34.8 Å². The van der Waals surface area contributed by atoms with Gasteiger partial charge in [-0.3, -0.25) is 4.79 Å². The number of carbonyl (C=O) groups excluding carboxylic acids is 1. The molecule has 2 N–H and O–H groups in total. The Morgan fingerprint density at radius 2 is 1.59 bits per heavy atom. The van der Waals surface area contributed by atoms with Crippen LogP contribution in [0, 0.1) is 0 Å². The number of anilines is 3. The summed E-state index contributed by atoms with van der Waals surface area (Å²) in [5, 5.41) is 6.63. The number of rotatable bonds is 4. The van der Waals surface area contributed by atoms with Crippen LogP contribution in [-0.4, -0.2) is 15.9 Å². The molecule has 2 aromatic carbocycles. The second kappa shape index (κ2) is 7.76. The van der Waals surface area contributed by atoms with E-state index in [1.54, 1.807) is 24.3 Å². The van der Waals surface area contributed by atoms with Gasteiger partial charge in [0, 0.05) is 28.8 Å². The first-order valence-electron chi connectivity index (χ1n) is 8.58. The van der Waals surface area contributed by atoms with Crippen molar-refractivity contribution in [1.29, 1.82) is 0 Å². The highest BCUT2D eigenvalue weighted by atomic mass is 35.5. The monoisotopic (exact) mass is 380 g/mol. The predicted molar refractivity (Wildman–Crippen MR) is 110 cm³/mol. The molecule has 5 nitrogen and oxygen atoms in total. The van der Waals surface area contributed by atoms with Crippen LogP contribution in [0.3, 0.4) is 0 Å². The highest BCUT2D eigenvalue weighted by Gasteiger charge is 2.18. The summed E-state index contributed by atoms with van der Waals surface area (Å²) in [5.41, 5.74) is 3.13. The fourth-order valence-electron chi connectivity index (χ4n) is 2.61. The number of halogens is 1. The molecule has 27 heavy (non-hydrogen) atoms. The molecule has 0 aliphatic rings. The highest BCUT2D eigenvalue weighted by molar-refractivity contribution is 6.30. The van der Waals surface area contributed by atoms with Gasteiger partial charge in [-0.05, 0) is 41.3 Å². The minimum atomic E-state index is -0.279. The molecule has 3 aromatic rings. The number of hydrogen-bond acceptors (Lipinski definition) is 4. The van der Waals surface area contributed by atoms with E-state index in [1.807, 2.05) is 18.2 Å². The third-order valence-corrected chi connectivity index (χ3v) is 4.25. The molecule has 3 rings (SSSR count). The van der Waals surface area contributed by atoms with E-state index < -0.39 is 0 Å². The summed E-state index contributed by atoms with van der Waals surface area (Å²) in [4.78, 5) is 20.8. The van der Waals surface area contributed by atoms with E-state index in [0.717, 1.165) is 11.3 Å². The summed E-state index contributed by atoms with van der Waals surface area (Å²) in [7, 11) is 0. The van der Waals surface area contributed by atoms with Crippen molar-refractivity contribution in [3.8, 4) is 0 Å². The summed E-state index contributed by atoms with van der Waals surface area (Å²) < 4.78 is 0. The van der Waals surface area contributed by atoms with Crippen LogP contribution in [0.2, 0.25) is 5.02 Å². The van der Waals surface area contributed by atoms with Crippen molar-refractivity contribution in [2.45, 2.75) is 26.2 Å². The molecule has 0 spiro atoms. The lowest BCUT2D eigenvalue weighted by atomic mass is 9.86. The van der Waals surface area contributed by atoms with E-state index >= 15 is 0 Å². The van der Waals surface area contributed by atoms with Gasteiger partial charge >= 0.3 is 0 Å². The van der Waals surface area contributed by atoms with Crippen LogP contribution in [0.1, 0.15) is 36.7 Å². The maximum absolute atomic E-state index is 12.3. The third-order valence-electron chi connectivity index (χ3n) is 4.00. The number of aromatic nitrogens is 2. The van der Waals surface area contributed by atoms with Gasteiger partial charge in [0.1, 0.15) is 0 Å². The van der Waals surface area contributed by atoms with E-state index in [1.165, 1.54) is 12.4 Å². The van der Waals surface area contributed by atoms with E-state index in [4.69, 9.17) is 11.6 Å². The lowest BCUT2D eigenvalue weighted by Gasteiger charge is -2.22. The van der Waals surface area contributed by atoms with Crippen molar-refractivity contribution in [3.63, 3.8) is 0 Å². The second-order valence-electron chi connectivity index (χ2n) is 7.18. The Labute approximate surface area is 163 Å². The molecule has 0 radical (unpaired) electrons. The van der Waals surface area contributed by atoms with E-state index in [2.05, 4.69) is 47.4 Å². The van der Waals surface area contributed by atoms with Gasteiger partial charge in [-0.1, -0.05) is 50.6 Å². The summed E-state index contributed by atoms with van der Waals surface area (Å²) in [6, 6.07) is 14.9. The lowest BCUT2D eigenvalue weighted by molar-refractivity contribution is 0.102. The van der Waals surface area contributed by atoms with E-state index in [-0.39, 0.29) is 11.3 Å². The Morgan fingerprint density at radius 3 is 2.22 bits per heavy atom. The molecule has 0 unspecified atom stereocenters. The number of amides is 1. The molecule has 0 fully saturated rings. The molecule has 6 heteroatoms. The van der Waals surface area contributed by atoms with Crippen LogP contribution in [0.15, 0.2) is 60.9 Å². The number of para-hydroxylation sites is 1. The van der Waals surface area contributed by atoms with Gasteiger partial charge in [-0.15, -0.1) is 0 Å². The molecule has 0 aliphatic heterocycles. The highest BCUT2D eigenvalue weighted by Crippen LogP contribution is 2.30. The van der Waals surface area contributed by atoms with E-state index in [9.17, 15) is 4.79 Å². The van der Waals surface area contributed by atoms with Gasteiger partial charge in [0.05, 0.1) is 5.56 Å². The van der Waals surface area contributed by atoms with Gasteiger partial charge in [-0.2, -0.15) is 0 Å². The van der Waals surface area contributed by atoms with Crippen molar-refractivity contribution < 1.29 is 4.79 Å². The van der Waals surface area contributed by atoms with Gasteiger partial charge in [0.15, 0.2) is 0 Å². The van der Waals surface area contributed by atoms with Crippen molar-refractivity contribution in [1.82, 2.24) is 9.97 Å². The van der Waals surface area contributed by atoms with Gasteiger partial charge < -0.3 is 10.6 Å². The standard InChI is InChI=1S/C21H21ClN4O/c1-21(2,3)17-6-4-5-7-18(17)26-20-23-12-14(13-24-20)19(27)25-16-10-8-15(22)9-11-16/h4-13H,1-3H3,(H,25,27)(H,23,24,26). The smallest absolute Gasteiger partial charge is 0.258 e. The second-order valence-corrected chi connectivity index (χ2v) is 7.61. The lowest BCUT2D eigenvalue weighted by Crippen LogP contribution is -2.15. The Bertz CT molecular complexity index is 932. The molecular formula is C21H21ClN4O. The van der Waals surface area contributed by atoms with Crippen molar-refractivity contribution in [3.05, 3.63) is 77.1 Å². The molecule has 1 heterocycles. The third kappa shape index (κ3) is 4.83. The minimum Gasteiger partial charge on any atom is -0.324 e. The maximum Gasteiger partial charge on any atom is 0.258 e. The first-order valence-corrected chi connectivity index (χ1v) is 8.96. The van der Waals surface area contributed by atoms with Crippen LogP contribution in [0.4, 0.5) is 17.3 Å². The quantitative estimate of drug-likeness (QED) is 0.633. The van der Waals surface area contributed by atoms with Crippen LogP contribution < -0.4 is 10.6 Å². The molecule has 1 amide bonds. The molecule has 138 valence electrons. The number of benzene rings is 2. The fraction of sp³-hybridized carbons (Fsp3) is 0.190. The van der Waals surface area contributed by atoms with Crippen LogP contribution in [-0.2, 0) is 5.41 Å². The van der Waals surface area contributed by atoms with E-state index in [0.29, 0.717) is 22.2 Å². The average molecular weight is 381 g/mol. The first-order chi connectivity index (χ1) is 12.8. The largest absolute Gasteiger partial charge is 0.324 e. The molecule has 0 saturated heterocycles. The Balaban J connectivity index is 1.72. The number of hydrogen-bond donors (Lipinski definition) is 2. The number of carbonyl (C=O) groups is 1.